The summed E-state index contributed by atoms with van der Waals surface area (Å²) in [5.41, 5.74) is 7.60. The van der Waals surface area contributed by atoms with Crippen molar-refractivity contribution in [2.75, 3.05) is 23.8 Å². The molecule has 5 nitrogen and oxygen atoms in total. The summed E-state index contributed by atoms with van der Waals surface area (Å²) in [6.07, 6.45) is 2.73. The molecule has 2 aromatic rings. The largest absolute Gasteiger partial charge is 0.360 e. The molecule has 0 amide bonds. The molecule has 1 aliphatic heterocycles. The first kappa shape index (κ1) is 22.6. The number of carbonyl (C=O) groups excluding carboxylic acids is 1. The zero-order valence-corrected chi connectivity index (χ0v) is 19.6. The fourth-order valence-corrected chi connectivity index (χ4v) is 4.48. The lowest BCUT2D eigenvalue weighted by Crippen LogP contribution is -2.28. The van der Waals surface area contributed by atoms with Gasteiger partial charge in [-0.3, -0.25) is 4.79 Å². The van der Waals surface area contributed by atoms with Crippen molar-refractivity contribution in [3.63, 3.8) is 0 Å². The molecule has 1 aromatic carbocycles. The van der Waals surface area contributed by atoms with Crippen molar-refractivity contribution in [3.8, 4) is 6.07 Å². The summed E-state index contributed by atoms with van der Waals surface area (Å²) in [5, 5.41) is 13.0. The van der Waals surface area contributed by atoms with Gasteiger partial charge in [0.05, 0.1) is 17.3 Å². The Labute approximate surface area is 185 Å². The average molecular weight is 417 g/mol. The number of aryl methyl sites for hydroxylation is 1. The van der Waals surface area contributed by atoms with Gasteiger partial charge in [0.1, 0.15) is 5.82 Å². The number of aromatic nitrogens is 1. The van der Waals surface area contributed by atoms with Gasteiger partial charge in [0.25, 0.3) is 0 Å². The summed E-state index contributed by atoms with van der Waals surface area (Å²) < 4.78 is 0. The Kier molecular flexibility index (Phi) is 6.50. The van der Waals surface area contributed by atoms with Crippen LogP contribution in [0.1, 0.15) is 68.4 Å². The minimum absolute atomic E-state index is 0.0483. The highest BCUT2D eigenvalue weighted by atomic mass is 16.1. The van der Waals surface area contributed by atoms with Crippen LogP contribution in [0.3, 0.4) is 0 Å². The van der Waals surface area contributed by atoms with Gasteiger partial charge in [-0.15, -0.1) is 0 Å². The van der Waals surface area contributed by atoms with Crippen LogP contribution in [0.4, 0.5) is 11.5 Å². The third-order valence-electron chi connectivity index (χ3n) is 6.01. The Bertz CT molecular complexity index is 1090. The molecular weight excluding hydrogens is 384 g/mol. The molecule has 162 valence electrons. The zero-order chi connectivity index (χ0) is 22.9. The van der Waals surface area contributed by atoms with Gasteiger partial charge >= 0.3 is 0 Å². The molecule has 0 aliphatic carbocycles. The minimum Gasteiger partial charge on any atom is -0.360 e. The van der Waals surface area contributed by atoms with Gasteiger partial charge in [0.15, 0.2) is 5.78 Å². The maximum Gasteiger partial charge on any atom is 0.158 e. The first-order valence-corrected chi connectivity index (χ1v) is 10.9. The number of benzene rings is 1. The molecule has 1 aliphatic rings. The Morgan fingerprint density at radius 3 is 2.61 bits per heavy atom. The van der Waals surface area contributed by atoms with Crippen LogP contribution >= 0.6 is 0 Å². The second kappa shape index (κ2) is 8.93. The van der Waals surface area contributed by atoms with E-state index in [1.54, 1.807) is 6.92 Å². The molecule has 2 heterocycles. The molecule has 0 spiro atoms. The number of rotatable bonds is 6. The molecule has 0 saturated carbocycles. The van der Waals surface area contributed by atoms with Crippen LogP contribution in [-0.2, 0) is 11.2 Å². The van der Waals surface area contributed by atoms with Gasteiger partial charge in [-0.05, 0) is 68.9 Å². The highest BCUT2D eigenvalue weighted by Gasteiger charge is 2.36. The molecule has 1 aromatic heterocycles. The molecule has 3 rings (SSSR count). The molecule has 31 heavy (non-hydrogen) atoms. The monoisotopic (exact) mass is 416 g/mol. The maximum atomic E-state index is 12.9. The highest BCUT2D eigenvalue weighted by molar-refractivity contribution is 5.99. The number of carbonyl (C=O) groups is 1. The predicted molar refractivity (Wildman–Crippen MR) is 126 cm³/mol. The lowest BCUT2D eigenvalue weighted by molar-refractivity contribution is -0.113. The lowest BCUT2D eigenvalue weighted by atomic mass is 9.76. The van der Waals surface area contributed by atoms with Crippen molar-refractivity contribution in [2.24, 2.45) is 5.92 Å². The molecule has 1 N–H and O–H groups in total. The molecular formula is C26H32N4O. The topological polar surface area (TPSA) is 69.0 Å². The van der Waals surface area contributed by atoms with Gasteiger partial charge in [-0.2, -0.15) is 5.26 Å². The summed E-state index contributed by atoms with van der Waals surface area (Å²) in [5.74, 6) is 1.12. The first-order valence-electron chi connectivity index (χ1n) is 10.9. The molecule has 0 bridgehead atoms. The number of nitriles is 1. The number of fused-ring (bicyclic) bond motifs is 1. The summed E-state index contributed by atoms with van der Waals surface area (Å²) in [4.78, 5) is 19.8. The number of pyridine rings is 1. The van der Waals surface area contributed by atoms with Crippen LogP contribution in [0.25, 0.3) is 0 Å². The third kappa shape index (κ3) is 4.20. The Morgan fingerprint density at radius 1 is 1.32 bits per heavy atom. The second-order valence-corrected chi connectivity index (χ2v) is 8.84. The number of hydrogen-bond acceptors (Lipinski definition) is 5. The fraction of sp³-hybridized carbons (Fsp3) is 0.423. The Hall–Kier alpha value is -3.13. The van der Waals surface area contributed by atoms with E-state index in [2.05, 4.69) is 37.1 Å². The summed E-state index contributed by atoms with van der Waals surface area (Å²) in [7, 11) is 2.03. The van der Waals surface area contributed by atoms with E-state index in [0.29, 0.717) is 11.5 Å². The van der Waals surface area contributed by atoms with Gasteiger partial charge in [0.2, 0.25) is 0 Å². The van der Waals surface area contributed by atoms with Crippen LogP contribution in [0.2, 0.25) is 0 Å². The SMILES string of the molecule is CCN(C)c1ncc(C)c2c1C(c1ccc(C#N)cc1CC(C)C)C(C(C)=O)=C(C)N2. The van der Waals surface area contributed by atoms with E-state index >= 15 is 0 Å². The zero-order valence-electron chi connectivity index (χ0n) is 19.6. The molecule has 0 saturated heterocycles. The van der Waals surface area contributed by atoms with E-state index in [-0.39, 0.29) is 11.7 Å². The fourth-order valence-electron chi connectivity index (χ4n) is 4.48. The van der Waals surface area contributed by atoms with Gasteiger partial charge < -0.3 is 10.2 Å². The standard InChI is InChI=1S/C26H32N4O/c1-8-30(7)26-24-23(21-10-9-19(13-27)12-20(21)11-15(2)3)22(18(6)31)17(5)29-25(24)16(4)14-28-26/h9-10,12,14-15,23,29H,8,11H2,1-7H3. The minimum atomic E-state index is -0.230. The van der Waals surface area contributed by atoms with E-state index < -0.39 is 0 Å². The van der Waals surface area contributed by atoms with E-state index in [1.807, 2.05) is 45.3 Å². The van der Waals surface area contributed by atoms with Crippen molar-refractivity contribution in [1.29, 1.82) is 5.26 Å². The Balaban J connectivity index is 2.40. The van der Waals surface area contributed by atoms with Gasteiger partial charge in [-0.1, -0.05) is 19.9 Å². The van der Waals surface area contributed by atoms with Crippen LogP contribution in [0, 0.1) is 24.2 Å². The van der Waals surface area contributed by atoms with Crippen molar-refractivity contribution < 1.29 is 4.79 Å². The number of nitrogens with one attached hydrogen (secondary N) is 1. The number of anilines is 2. The average Bonchev–Trinajstić information content (AvgIpc) is 2.72. The number of nitrogens with zero attached hydrogens (tertiary/aromatic N) is 3. The van der Waals surface area contributed by atoms with Gasteiger partial charge in [0, 0.05) is 42.5 Å². The van der Waals surface area contributed by atoms with E-state index in [9.17, 15) is 10.1 Å². The van der Waals surface area contributed by atoms with Gasteiger partial charge in [-0.25, -0.2) is 4.98 Å². The van der Waals surface area contributed by atoms with Crippen LogP contribution in [0.15, 0.2) is 35.7 Å². The Morgan fingerprint density at radius 2 is 2.03 bits per heavy atom. The summed E-state index contributed by atoms with van der Waals surface area (Å²) >= 11 is 0. The van der Waals surface area contributed by atoms with Crippen molar-refractivity contribution in [1.82, 2.24) is 4.98 Å². The van der Waals surface area contributed by atoms with Crippen molar-refractivity contribution >= 4 is 17.3 Å². The van der Waals surface area contributed by atoms with Crippen molar-refractivity contribution in [2.45, 2.75) is 53.9 Å². The lowest BCUT2D eigenvalue weighted by Gasteiger charge is -2.35. The van der Waals surface area contributed by atoms with Crippen LogP contribution < -0.4 is 10.2 Å². The predicted octanol–water partition coefficient (Wildman–Crippen LogP) is 5.34. The molecule has 0 radical (unpaired) electrons. The van der Waals surface area contributed by atoms with E-state index in [1.165, 1.54) is 0 Å². The number of ketones is 1. The van der Waals surface area contributed by atoms with E-state index in [0.717, 1.165) is 58.0 Å². The summed E-state index contributed by atoms with van der Waals surface area (Å²) in [6.45, 7) is 12.9. The first-order chi connectivity index (χ1) is 14.7. The maximum absolute atomic E-state index is 12.9. The highest BCUT2D eigenvalue weighted by Crippen LogP contribution is 2.48. The number of Topliss-reactive ketones (excluding diaryl/α,β-unsaturated/α-hetero) is 1. The number of hydrogen-bond donors (Lipinski definition) is 1. The quantitative estimate of drug-likeness (QED) is 0.689. The smallest absolute Gasteiger partial charge is 0.158 e. The third-order valence-corrected chi connectivity index (χ3v) is 6.01. The van der Waals surface area contributed by atoms with Crippen molar-refractivity contribution in [3.05, 3.63) is 63.5 Å². The van der Waals surface area contributed by atoms with E-state index in [4.69, 9.17) is 4.98 Å². The number of allylic oxidation sites excluding steroid dienone is 2. The normalized spacial score (nSPS) is 15.4. The molecule has 1 atom stereocenters. The van der Waals surface area contributed by atoms with Crippen LogP contribution in [0.5, 0.6) is 0 Å². The molecule has 0 fully saturated rings. The molecule has 5 heteroatoms. The second-order valence-electron chi connectivity index (χ2n) is 8.84. The summed E-state index contributed by atoms with van der Waals surface area (Å²) in [6, 6.07) is 8.14. The molecule has 1 unspecified atom stereocenters. The van der Waals surface area contributed by atoms with Crippen LogP contribution in [-0.4, -0.2) is 24.4 Å².